The minimum Gasteiger partial charge on any atom is -0.354 e. The second-order valence-corrected chi connectivity index (χ2v) is 7.51. The van der Waals surface area contributed by atoms with Crippen molar-refractivity contribution in [3.8, 4) is 0 Å². The number of aromatic nitrogens is 1. The Hall–Kier alpha value is -1.40. The van der Waals surface area contributed by atoms with Gasteiger partial charge in [-0.3, -0.25) is 4.79 Å². The van der Waals surface area contributed by atoms with Crippen LogP contribution < -0.4 is 10.2 Å². The number of carbonyl (C=O) groups excluding carboxylic acids is 1. The molecule has 0 saturated carbocycles. The van der Waals surface area contributed by atoms with E-state index in [0.717, 1.165) is 31.1 Å². The van der Waals surface area contributed by atoms with Crippen molar-refractivity contribution < 1.29 is 4.79 Å². The zero-order valence-corrected chi connectivity index (χ0v) is 14.4. The summed E-state index contributed by atoms with van der Waals surface area (Å²) < 4.78 is 0. The van der Waals surface area contributed by atoms with Gasteiger partial charge in [0.15, 0.2) is 5.13 Å². The molecule has 0 radical (unpaired) electrons. The number of rotatable bonds is 6. The van der Waals surface area contributed by atoms with E-state index in [2.05, 4.69) is 33.6 Å². The summed E-state index contributed by atoms with van der Waals surface area (Å²) in [5.41, 5.74) is 1.29. The highest BCUT2D eigenvalue weighted by atomic mass is 32.1. The first-order chi connectivity index (χ1) is 10.7. The van der Waals surface area contributed by atoms with Crippen LogP contribution in [0.25, 0.3) is 0 Å². The van der Waals surface area contributed by atoms with Crippen molar-refractivity contribution in [3.05, 3.63) is 33.5 Å². The van der Waals surface area contributed by atoms with Crippen molar-refractivity contribution in [3.63, 3.8) is 0 Å². The highest BCUT2D eigenvalue weighted by Gasteiger charge is 2.26. The number of thiazole rings is 1. The Kier molecular flexibility index (Phi) is 5.10. The fraction of sp³-hybridized carbons (Fsp3) is 0.500. The molecule has 0 aliphatic carbocycles. The molecule has 3 heterocycles. The number of hydrogen-bond donors (Lipinski definition) is 1. The molecule has 22 heavy (non-hydrogen) atoms. The number of hydrogen-bond acceptors (Lipinski definition) is 5. The van der Waals surface area contributed by atoms with Crippen molar-refractivity contribution in [2.24, 2.45) is 0 Å². The van der Waals surface area contributed by atoms with Crippen LogP contribution in [0.15, 0.2) is 23.0 Å². The molecule has 6 heteroatoms. The zero-order valence-electron chi connectivity index (χ0n) is 12.7. The van der Waals surface area contributed by atoms with Gasteiger partial charge < -0.3 is 10.2 Å². The van der Waals surface area contributed by atoms with Gasteiger partial charge in [-0.2, -0.15) is 0 Å². The molecule has 1 N–H and O–H groups in total. The Morgan fingerprint density at radius 2 is 2.36 bits per heavy atom. The molecule has 1 fully saturated rings. The van der Waals surface area contributed by atoms with Crippen LogP contribution >= 0.6 is 22.7 Å². The summed E-state index contributed by atoms with van der Waals surface area (Å²) in [5, 5.41) is 8.27. The molecule has 4 nitrogen and oxygen atoms in total. The molecule has 1 aliphatic rings. The molecule has 1 atom stereocenters. The topological polar surface area (TPSA) is 45.2 Å². The number of thiophene rings is 1. The van der Waals surface area contributed by atoms with Gasteiger partial charge in [0.1, 0.15) is 0 Å². The van der Waals surface area contributed by atoms with E-state index in [-0.39, 0.29) is 5.91 Å². The van der Waals surface area contributed by atoms with E-state index in [1.165, 1.54) is 16.9 Å². The third-order valence-corrected chi connectivity index (χ3v) is 6.02. The van der Waals surface area contributed by atoms with E-state index in [0.29, 0.717) is 12.5 Å². The van der Waals surface area contributed by atoms with E-state index in [9.17, 15) is 4.79 Å². The van der Waals surface area contributed by atoms with Gasteiger partial charge in [0, 0.05) is 42.0 Å². The lowest BCUT2D eigenvalue weighted by molar-refractivity contribution is -0.121. The van der Waals surface area contributed by atoms with E-state index < -0.39 is 0 Å². The number of carbonyl (C=O) groups is 1. The summed E-state index contributed by atoms with van der Waals surface area (Å²) in [6.45, 7) is 3.87. The number of aryl methyl sites for hydroxylation is 2. The summed E-state index contributed by atoms with van der Waals surface area (Å²) in [4.78, 5) is 20.1. The Labute approximate surface area is 139 Å². The smallest absolute Gasteiger partial charge is 0.220 e. The van der Waals surface area contributed by atoms with Crippen LogP contribution in [-0.4, -0.2) is 30.0 Å². The third-order valence-electron chi connectivity index (χ3n) is 4.12. The predicted molar refractivity (Wildman–Crippen MR) is 92.9 cm³/mol. The summed E-state index contributed by atoms with van der Waals surface area (Å²) in [6, 6.07) is 2.50. The van der Waals surface area contributed by atoms with Gasteiger partial charge in [-0.1, -0.05) is 0 Å². The lowest BCUT2D eigenvalue weighted by Crippen LogP contribution is -2.40. The number of anilines is 1. The zero-order chi connectivity index (χ0) is 15.4. The Bertz CT molecular complexity index is 609. The molecule has 1 unspecified atom stereocenters. The van der Waals surface area contributed by atoms with Gasteiger partial charge in [0.25, 0.3) is 0 Å². The molecule has 118 valence electrons. The SMILES string of the molecule is Cc1ccsc1CCC(=O)NCC1CCCN1c1nccs1. The molecule has 2 aromatic rings. The molecule has 1 amide bonds. The minimum absolute atomic E-state index is 0.152. The molecular weight excluding hydrogens is 314 g/mol. The maximum Gasteiger partial charge on any atom is 0.220 e. The van der Waals surface area contributed by atoms with E-state index in [1.807, 2.05) is 11.6 Å². The van der Waals surface area contributed by atoms with Gasteiger partial charge in [-0.15, -0.1) is 22.7 Å². The lowest BCUT2D eigenvalue weighted by atomic mass is 10.2. The Morgan fingerprint density at radius 3 is 3.09 bits per heavy atom. The standard InChI is InChI=1S/C16H21N3OS2/c1-12-6-9-21-14(12)4-5-15(20)18-11-13-3-2-8-19(13)16-17-7-10-22-16/h6-7,9-10,13H,2-5,8,11H2,1H3,(H,18,20). The molecule has 0 bridgehead atoms. The highest BCUT2D eigenvalue weighted by Crippen LogP contribution is 2.26. The number of nitrogens with one attached hydrogen (secondary N) is 1. The Balaban J connectivity index is 1.45. The first kappa shape index (κ1) is 15.5. The average Bonchev–Trinajstić information content (AvgIpc) is 3.24. The predicted octanol–water partition coefficient (Wildman–Crippen LogP) is 3.23. The van der Waals surface area contributed by atoms with E-state index >= 15 is 0 Å². The van der Waals surface area contributed by atoms with Crippen LogP contribution in [0.3, 0.4) is 0 Å². The lowest BCUT2D eigenvalue weighted by Gasteiger charge is -2.24. The fourth-order valence-electron chi connectivity index (χ4n) is 2.86. The average molecular weight is 335 g/mol. The van der Waals surface area contributed by atoms with Crippen molar-refractivity contribution in [2.75, 3.05) is 18.0 Å². The summed E-state index contributed by atoms with van der Waals surface area (Å²) in [5.74, 6) is 0.152. The van der Waals surface area contributed by atoms with Crippen LogP contribution in [0, 0.1) is 6.92 Å². The van der Waals surface area contributed by atoms with Gasteiger partial charge in [0.05, 0.1) is 0 Å². The molecule has 0 spiro atoms. The first-order valence-corrected chi connectivity index (χ1v) is 9.46. The van der Waals surface area contributed by atoms with Crippen LogP contribution in [0.4, 0.5) is 5.13 Å². The maximum atomic E-state index is 12.1. The normalized spacial score (nSPS) is 17.9. The van der Waals surface area contributed by atoms with E-state index in [4.69, 9.17) is 0 Å². The van der Waals surface area contributed by atoms with Crippen LogP contribution in [0.1, 0.15) is 29.7 Å². The van der Waals surface area contributed by atoms with Crippen molar-refractivity contribution in [1.29, 1.82) is 0 Å². The van der Waals surface area contributed by atoms with E-state index in [1.54, 1.807) is 22.7 Å². The van der Waals surface area contributed by atoms with Gasteiger partial charge in [-0.25, -0.2) is 4.98 Å². The minimum atomic E-state index is 0.152. The second-order valence-electron chi connectivity index (χ2n) is 5.63. The summed E-state index contributed by atoms with van der Waals surface area (Å²) in [7, 11) is 0. The molecule has 0 aromatic carbocycles. The molecule has 1 aliphatic heterocycles. The van der Waals surface area contributed by atoms with Crippen molar-refractivity contribution in [1.82, 2.24) is 10.3 Å². The molecular formula is C16H21N3OS2. The highest BCUT2D eigenvalue weighted by molar-refractivity contribution is 7.13. The van der Waals surface area contributed by atoms with Gasteiger partial charge in [-0.05, 0) is 43.2 Å². The molecule has 1 saturated heterocycles. The van der Waals surface area contributed by atoms with Crippen LogP contribution in [-0.2, 0) is 11.2 Å². The maximum absolute atomic E-state index is 12.1. The van der Waals surface area contributed by atoms with Gasteiger partial charge >= 0.3 is 0 Å². The number of amides is 1. The monoisotopic (exact) mass is 335 g/mol. The van der Waals surface area contributed by atoms with Gasteiger partial charge in [0.2, 0.25) is 5.91 Å². The van der Waals surface area contributed by atoms with Crippen molar-refractivity contribution >= 4 is 33.7 Å². The second kappa shape index (κ2) is 7.24. The van der Waals surface area contributed by atoms with Crippen molar-refractivity contribution in [2.45, 2.75) is 38.6 Å². The Morgan fingerprint density at radius 1 is 1.45 bits per heavy atom. The fourth-order valence-corrected chi connectivity index (χ4v) is 4.52. The largest absolute Gasteiger partial charge is 0.354 e. The molecule has 2 aromatic heterocycles. The quantitative estimate of drug-likeness (QED) is 0.881. The van der Waals surface area contributed by atoms with Crippen LogP contribution in [0.5, 0.6) is 0 Å². The first-order valence-electron chi connectivity index (χ1n) is 7.70. The molecule has 3 rings (SSSR count). The number of nitrogens with zero attached hydrogens (tertiary/aromatic N) is 2. The third kappa shape index (κ3) is 3.67. The summed E-state index contributed by atoms with van der Waals surface area (Å²) >= 11 is 3.41. The summed E-state index contributed by atoms with van der Waals surface area (Å²) in [6.07, 6.45) is 5.57. The van der Waals surface area contributed by atoms with Crippen LogP contribution in [0.2, 0.25) is 0 Å².